The molecule has 0 aliphatic heterocycles. The molecule has 0 aliphatic carbocycles. The van der Waals surface area contributed by atoms with Crippen LogP contribution in [0.3, 0.4) is 0 Å². The first-order chi connectivity index (χ1) is 11.9. The SMILES string of the molecule is CC(=O)NCc1ccc(C(=O)OCC(=O)c2cc(C)ccc2C)cc1. The van der Waals surface area contributed by atoms with E-state index in [0.29, 0.717) is 17.7 Å². The van der Waals surface area contributed by atoms with Crippen LogP contribution in [0.4, 0.5) is 0 Å². The van der Waals surface area contributed by atoms with Crippen molar-refractivity contribution in [2.24, 2.45) is 0 Å². The topological polar surface area (TPSA) is 72.5 Å². The number of aryl methyl sites for hydroxylation is 2. The van der Waals surface area contributed by atoms with Gasteiger partial charge >= 0.3 is 5.97 Å². The van der Waals surface area contributed by atoms with E-state index < -0.39 is 5.97 Å². The summed E-state index contributed by atoms with van der Waals surface area (Å²) in [5.74, 6) is -0.894. The first kappa shape index (κ1) is 18.4. The molecule has 1 amide bonds. The Kier molecular flexibility index (Phi) is 6.06. The Labute approximate surface area is 147 Å². The van der Waals surface area contributed by atoms with Gasteiger partial charge in [0.25, 0.3) is 0 Å². The highest BCUT2D eigenvalue weighted by atomic mass is 16.5. The molecule has 0 bridgehead atoms. The molecule has 0 saturated carbocycles. The van der Waals surface area contributed by atoms with Gasteiger partial charge < -0.3 is 10.1 Å². The maximum atomic E-state index is 12.2. The Morgan fingerprint density at radius 2 is 1.68 bits per heavy atom. The third-order valence-electron chi connectivity index (χ3n) is 3.76. The van der Waals surface area contributed by atoms with Crippen molar-refractivity contribution in [1.82, 2.24) is 5.32 Å². The smallest absolute Gasteiger partial charge is 0.338 e. The van der Waals surface area contributed by atoms with Crippen LogP contribution >= 0.6 is 0 Å². The molecular formula is C20H21NO4. The Hall–Kier alpha value is -2.95. The summed E-state index contributed by atoms with van der Waals surface area (Å²) in [5, 5.41) is 2.68. The summed E-state index contributed by atoms with van der Waals surface area (Å²) in [6.07, 6.45) is 0. The van der Waals surface area contributed by atoms with Gasteiger partial charge in [-0.15, -0.1) is 0 Å². The van der Waals surface area contributed by atoms with Crippen LogP contribution in [-0.2, 0) is 16.1 Å². The normalized spacial score (nSPS) is 10.2. The third-order valence-corrected chi connectivity index (χ3v) is 3.76. The fourth-order valence-corrected chi connectivity index (χ4v) is 2.31. The third kappa shape index (κ3) is 5.28. The fraction of sp³-hybridized carbons (Fsp3) is 0.250. The number of ketones is 1. The number of rotatable bonds is 6. The second kappa shape index (κ2) is 8.24. The second-order valence-corrected chi connectivity index (χ2v) is 5.92. The molecule has 0 unspecified atom stereocenters. The van der Waals surface area contributed by atoms with E-state index in [1.807, 2.05) is 26.0 Å². The van der Waals surface area contributed by atoms with E-state index in [4.69, 9.17) is 4.74 Å². The Morgan fingerprint density at radius 1 is 1.00 bits per heavy atom. The van der Waals surface area contributed by atoms with Crippen LogP contribution in [0.1, 0.15) is 44.3 Å². The van der Waals surface area contributed by atoms with Crippen molar-refractivity contribution in [3.8, 4) is 0 Å². The predicted molar refractivity (Wildman–Crippen MR) is 94.5 cm³/mol. The van der Waals surface area contributed by atoms with E-state index in [1.165, 1.54) is 6.92 Å². The second-order valence-electron chi connectivity index (χ2n) is 5.92. The summed E-state index contributed by atoms with van der Waals surface area (Å²) < 4.78 is 5.12. The molecule has 5 nitrogen and oxygen atoms in total. The predicted octanol–water partition coefficient (Wildman–Crippen LogP) is 2.98. The molecule has 0 spiro atoms. The summed E-state index contributed by atoms with van der Waals surface area (Å²) in [6, 6.07) is 12.3. The van der Waals surface area contributed by atoms with Crippen molar-refractivity contribution in [3.05, 3.63) is 70.3 Å². The minimum atomic E-state index is -0.551. The summed E-state index contributed by atoms with van der Waals surface area (Å²) in [7, 11) is 0. The minimum Gasteiger partial charge on any atom is -0.454 e. The van der Waals surface area contributed by atoms with E-state index in [0.717, 1.165) is 16.7 Å². The number of carbonyl (C=O) groups excluding carboxylic acids is 3. The first-order valence-corrected chi connectivity index (χ1v) is 7.98. The van der Waals surface area contributed by atoms with Gasteiger partial charge in [0, 0.05) is 19.0 Å². The Bertz CT molecular complexity index is 794. The molecule has 0 saturated heterocycles. The van der Waals surface area contributed by atoms with Crippen molar-refractivity contribution < 1.29 is 19.1 Å². The average molecular weight is 339 g/mol. The van der Waals surface area contributed by atoms with Crippen LogP contribution in [0.2, 0.25) is 0 Å². The lowest BCUT2D eigenvalue weighted by Gasteiger charge is -2.08. The highest BCUT2D eigenvalue weighted by Gasteiger charge is 2.13. The maximum Gasteiger partial charge on any atom is 0.338 e. The van der Waals surface area contributed by atoms with Gasteiger partial charge in [-0.25, -0.2) is 4.79 Å². The molecule has 2 aromatic rings. The standard InChI is InChI=1S/C20H21NO4/c1-13-4-5-14(2)18(10-13)19(23)12-25-20(24)17-8-6-16(7-9-17)11-21-15(3)22/h4-10H,11-12H2,1-3H3,(H,21,22). The zero-order valence-corrected chi connectivity index (χ0v) is 14.6. The van der Waals surface area contributed by atoms with Gasteiger partial charge in [-0.2, -0.15) is 0 Å². The molecule has 0 fully saturated rings. The molecule has 2 rings (SSSR count). The molecule has 1 N–H and O–H groups in total. The van der Waals surface area contributed by atoms with Crippen molar-refractivity contribution in [1.29, 1.82) is 0 Å². The van der Waals surface area contributed by atoms with Crippen LogP contribution in [0.25, 0.3) is 0 Å². The molecule has 0 aromatic heterocycles. The Morgan fingerprint density at radius 3 is 2.32 bits per heavy atom. The number of carbonyl (C=O) groups is 3. The lowest BCUT2D eigenvalue weighted by atomic mass is 10.0. The van der Waals surface area contributed by atoms with Gasteiger partial charge in [0.1, 0.15) is 0 Å². The number of esters is 1. The number of amides is 1. The van der Waals surface area contributed by atoms with E-state index in [2.05, 4.69) is 5.32 Å². The molecule has 2 aromatic carbocycles. The molecular weight excluding hydrogens is 318 g/mol. The molecule has 0 aliphatic rings. The maximum absolute atomic E-state index is 12.2. The van der Waals surface area contributed by atoms with Crippen molar-refractivity contribution in [2.75, 3.05) is 6.61 Å². The van der Waals surface area contributed by atoms with Crippen LogP contribution in [0.5, 0.6) is 0 Å². The highest BCUT2D eigenvalue weighted by Crippen LogP contribution is 2.12. The number of hydrogen-bond donors (Lipinski definition) is 1. The molecule has 0 radical (unpaired) electrons. The van der Waals surface area contributed by atoms with E-state index in [-0.39, 0.29) is 18.3 Å². The van der Waals surface area contributed by atoms with Crippen molar-refractivity contribution in [3.63, 3.8) is 0 Å². The summed E-state index contributed by atoms with van der Waals surface area (Å²) in [6.45, 7) is 5.30. The number of Topliss-reactive ketones (excluding diaryl/α,β-unsaturated/α-hetero) is 1. The van der Waals surface area contributed by atoms with E-state index >= 15 is 0 Å². The fourth-order valence-electron chi connectivity index (χ4n) is 2.31. The monoisotopic (exact) mass is 339 g/mol. The van der Waals surface area contributed by atoms with Crippen molar-refractivity contribution >= 4 is 17.7 Å². The summed E-state index contributed by atoms with van der Waals surface area (Å²) in [4.78, 5) is 35.2. The van der Waals surface area contributed by atoms with Gasteiger partial charge in [0.2, 0.25) is 11.7 Å². The van der Waals surface area contributed by atoms with E-state index in [9.17, 15) is 14.4 Å². The summed E-state index contributed by atoms with van der Waals surface area (Å²) in [5.41, 5.74) is 3.64. The molecule has 25 heavy (non-hydrogen) atoms. The molecule has 5 heteroatoms. The van der Waals surface area contributed by atoms with Crippen LogP contribution in [0, 0.1) is 13.8 Å². The minimum absolute atomic E-state index is 0.117. The number of nitrogens with one attached hydrogen (secondary N) is 1. The molecule has 130 valence electrons. The van der Waals surface area contributed by atoms with Crippen LogP contribution < -0.4 is 5.32 Å². The van der Waals surface area contributed by atoms with Crippen molar-refractivity contribution in [2.45, 2.75) is 27.3 Å². The zero-order chi connectivity index (χ0) is 18.4. The van der Waals surface area contributed by atoms with E-state index in [1.54, 1.807) is 30.3 Å². The van der Waals surface area contributed by atoms with Gasteiger partial charge in [0.05, 0.1) is 5.56 Å². The van der Waals surface area contributed by atoms with Gasteiger partial charge in [-0.1, -0.05) is 29.8 Å². The highest BCUT2D eigenvalue weighted by molar-refractivity contribution is 6.00. The van der Waals surface area contributed by atoms with Crippen LogP contribution in [-0.4, -0.2) is 24.3 Å². The molecule has 0 atom stereocenters. The number of ether oxygens (including phenoxy) is 1. The number of hydrogen-bond acceptors (Lipinski definition) is 4. The zero-order valence-electron chi connectivity index (χ0n) is 14.6. The lowest BCUT2D eigenvalue weighted by molar-refractivity contribution is -0.119. The Balaban J connectivity index is 1.94. The van der Waals surface area contributed by atoms with Crippen LogP contribution in [0.15, 0.2) is 42.5 Å². The summed E-state index contributed by atoms with van der Waals surface area (Å²) >= 11 is 0. The van der Waals surface area contributed by atoms with Gasteiger partial charge in [-0.05, 0) is 43.2 Å². The van der Waals surface area contributed by atoms with Gasteiger partial charge in [-0.3, -0.25) is 9.59 Å². The quantitative estimate of drug-likeness (QED) is 0.649. The van der Waals surface area contributed by atoms with Gasteiger partial charge in [0.15, 0.2) is 6.61 Å². The lowest BCUT2D eigenvalue weighted by Crippen LogP contribution is -2.19. The number of benzene rings is 2. The largest absolute Gasteiger partial charge is 0.454 e. The average Bonchev–Trinajstić information content (AvgIpc) is 2.60. The first-order valence-electron chi connectivity index (χ1n) is 7.98. The molecule has 0 heterocycles.